The van der Waals surface area contributed by atoms with Crippen molar-refractivity contribution in [2.75, 3.05) is 32.7 Å². The van der Waals surface area contributed by atoms with Crippen molar-refractivity contribution in [3.05, 3.63) is 107 Å². The number of rotatable bonds is 7. The summed E-state index contributed by atoms with van der Waals surface area (Å²) in [4.78, 5) is 5.28. The van der Waals surface area contributed by atoms with E-state index < -0.39 is 0 Å². The van der Waals surface area contributed by atoms with Crippen molar-refractivity contribution >= 4 is 0 Å². The van der Waals surface area contributed by atoms with Crippen LogP contribution in [0.1, 0.15) is 35.4 Å². The molecule has 3 heteroatoms. The van der Waals surface area contributed by atoms with Gasteiger partial charge in [0.15, 0.2) is 0 Å². The minimum atomic E-state index is -0.144. The van der Waals surface area contributed by atoms with Crippen LogP contribution in [-0.4, -0.2) is 42.5 Å². The molecule has 33 heavy (non-hydrogen) atoms. The smallest absolute Gasteiger partial charge is 0.123 e. The van der Waals surface area contributed by atoms with Crippen molar-refractivity contribution in [2.45, 2.75) is 31.7 Å². The topological polar surface area (TPSA) is 6.48 Å². The van der Waals surface area contributed by atoms with E-state index in [1.165, 1.54) is 49.0 Å². The molecule has 2 aliphatic rings. The zero-order valence-corrected chi connectivity index (χ0v) is 19.5. The van der Waals surface area contributed by atoms with Gasteiger partial charge in [-0.05, 0) is 73.0 Å². The molecule has 2 atom stereocenters. The number of hydrogen-bond donors (Lipinski definition) is 0. The molecule has 0 aliphatic carbocycles. The summed E-state index contributed by atoms with van der Waals surface area (Å²) in [6.07, 6.45) is 3.79. The Bertz CT molecular complexity index is 981. The fourth-order valence-corrected chi connectivity index (χ4v) is 5.86. The van der Waals surface area contributed by atoms with E-state index in [1.54, 1.807) is 12.1 Å². The van der Waals surface area contributed by atoms with Gasteiger partial charge in [0.05, 0.1) is 0 Å². The fraction of sp³-hybridized carbons (Fsp3) is 0.400. The largest absolute Gasteiger partial charge is 0.303 e. The lowest BCUT2D eigenvalue weighted by molar-refractivity contribution is 0.156. The molecule has 2 fully saturated rings. The SMILES string of the molecule is Fc1ccc(C2CN(Cc3ccccc3)CC2CN2CCC(Cc3ccccc3)CC2)cc1. The first kappa shape index (κ1) is 22.3. The predicted octanol–water partition coefficient (Wildman–Crippen LogP) is 6.00. The second-order valence-electron chi connectivity index (χ2n) is 10.0. The van der Waals surface area contributed by atoms with Crippen molar-refractivity contribution in [2.24, 2.45) is 11.8 Å². The Hall–Kier alpha value is -2.49. The first-order chi connectivity index (χ1) is 16.2. The van der Waals surface area contributed by atoms with Crippen molar-refractivity contribution < 1.29 is 4.39 Å². The van der Waals surface area contributed by atoms with Crippen molar-refractivity contribution in [3.8, 4) is 0 Å². The van der Waals surface area contributed by atoms with Crippen LogP contribution in [0, 0.1) is 17.7 Å². The number of halogens is 1. The summed E-state index contributed by atoms with van der Waals surface area (Å²) in [7, 11) is 0. The van der Waals surface area contributed by atoms with Gasteiger partial charge in [-0.15, -0.1) is 0 Å². The highest BCUT2D eigenvalue weighted by atomic mass is 19.1. The summed E-state index contributed by atoms with van der Waals surface area (Å²) in [5.74, 6) is 1.71. The molecule has 2 saturated heterocycles. The monoisotopic (exact) mass is 442 g/mol. The first-order valence-electron chi connectivity index (χ1n) is 12.5. The number of benzene rings is 3. The summed E-state index contributed by atoms with van der Waals surface area (Å²) in [5, 5.41) is 0. The molecule has 3 aromatic rings. The molecule has 0 bridgehead atoms. The summed E-state index contributed by atoms with van der Waals surface area (Å²) >= 11 is 0. The molecular formula is C30H35FN2. The van der Waals surface area contributed by atoms with E-state index >= 15 is 0 Å². The Morgan fingerprint density at radius 3 is 2.00 bits per heavy atom. The summed E-state index contributed by atoms with van der Waals surface area (Å²) in [6.45, 7) is 6.70. The number of nitrogens with zero attached hydrogens (tertiary/aromatic N) is 2. The minimum Gasteiger partial charge on any atom is -0.303 e. The third kappa shape index (κ3) is 5.90. The van der Waals surface area contributed by atoms with E-state index in [2.05, 4.69) is 70.5 Å². The molecule has 0 aromatic heterocycles. The summed E-state index contributed by atoms with van der Waals surface area (Å²) < 4.78 is 13.6. The second kappa shape index (κ2) is 10.6. The maximum atomic E-state index is 13.6. The van der Waals surface area contributed by atoms with Crippen LogP contribution in [0.3, 0.4) is 0 Å². The first-order valence-corrected chi connectivity index (χ1v) is 12.5. The highest BCUT2D eigenvalue weighted by Gasteiger charge is 2.35. The van der Waals surface area contributed by atoms with Gasteiger partial charge in [0.2, 0.25) is 0 Å². The maximum Gasteiger partial charge on any atom is 0.123 e. The average molecular weight is 443 g/mol. The van der Waals surface area contributed by atoms with E-state index in [-0.39, 0.29) is 5.82 Å². The second-order valence-corrected chi connectivity index (χ2v) is 10.0. The van der Waals surface area contributed by atoms with Gasteiger partial charge in [-0.1, -0.05) is 72.8 Å². The summed E-state index contributed by atoms with van der Waals surface area (Å²) in [5.41, 5.74) is 4.13. The van der Waals surface area contributed by atoms with Crippen molar-refractivity contribution in [1.29, 1.82) is 0 Å². The molecule has 0 radical (unpaired) electrons. The molecular weight excluding hydrogens is 407 g/mol. The van der Waals surface area contributed by atoms with Crippen LogP contribution in [0.25, 0.3) is 0 Å². The Kier molecular flexibility index (Phi) is 7.18. The molecule has 0 amide bonds. The number of likely N-dealkylation sites (tertiary alicyclic amines) is 2. The van der Waals surface area contributed by atoms with Gasteiger partial charge in [-0.3, -0.25) is 4.90 Å². The highest BCUT2D eigenvalue weighted by molar-refractivity contribution is 5.24. The molecule has 2 nitrogen and oxygen atoms in total. The molecule has 0 saturated carbocycles. The van der Waals surface area contributed by atoms with Gasteiger partial charge in [0.1, 0.15) is 5.82 Å². The standard InChI is InChI=1S/C30H35FN2/c31-29-13-11-27(12-14-29)30-23-33(20-26-9-5-2-6-10-26)22-28(30)21-32-17-15-25(16-18-32)19-24-7-3-1-4-8-24/h1-14,25,28,30H,15-23H2. The van der Waals surface area contributed by atoms with Crippen molar-refractivity contribution in [3.63, 3.8) is 0 Å². The quantitative estimate of drug-likeness (QED) is 0.443. The third-order valence-electron chi connectivity index (χ3n) is 7.63. The van der Waals surface area contributed by atoms with Gasteiger partial charge in [-0.25, -0.2) is 4.39 Å². The van der Waals surface area contributed by atoms with Gasteiger partial charge < -0.3 is 4.90 Å². The Balaban J connectivity index is 1.21. The lowest BCUT2D eigenvalue weighted by Gasteiger charge is -2.35. The molecule has 0 spiro atoms. The minimum absolute atomic E-state index is 0.144. The van der Waals surface area contributed by atoms with Gasteiger partial charge >= 0.3 is 0 Å². The lowest BCUT2D eigenvalue weighted by atomic mass is 9.86. The third-order valence-corrected chi connectivity index (χ3v) is 7.63. The Morgan fingerprint density at radius 1 is 0.697 bits per heavy atom. The van der Waals surface area contributed by atoms with Gasteiger partial charge in [0, 0.05) is 32.1 Å². The van der Waals surface area contributed by atoms with E-state index in [9.17, 15) is 4.39 Å². The molecule has 2 aliphatic heterocycles. The highest BCUT2D eigenvalue weighted by Crippen LogP contribution is 2.35. The van der Waals surface area contributed by atoms with Crippen LogP contribution in [0.2, 0.25) is 0 Å². The zero-order chi connectivity index (χ0) is 22.5. The average Bonchev–Trinajstić information content (AvgIpc) is 3.24. The Labute approximate surface area is 198 Å². The number of hydrogen-bond acceptors (Lipinski definition) is 2. The molecule has 3 aromatic carbocycles. The van der Waals surface area contributed by atoms with E-state index in [0.717, 1.165) is 32.1 Å². The van der Waals surface area contributed by atoms with Crippen LogP contribution in [0.4, 0.5) is 4.39 Å². The fourth-order valence-electron chi connectivity index (χ4n) is 5.86. The van der Waals surface area contributed by atoms with Crippen LogP contribution >= 0.6 is 0 Å². The number of piperidine rings is 1. The van der Waals surface area contributed by atoms with Crippen LogP contribution in [0.5, 0.6) is 0 Å². The molecule has 172 valence electrons. The van der Waals surface area contributed by atoms with Crippen LogP contribution in [-0.2, 0) is 13.0 Å². The van der Waals surface area contributed by atoms with Crippen LogP contribution in [0.15, 0.2) is 84.9 Å². The van der Waals surface area contributed by atoms with E-state index in [0.29, 0.717) is 11.8 Å². The molecule has 2 heterocycles. The zero-order valence-electron chi connectivity index (χ0n) is 19.5. The molecule has 5 rings (SSSR count). The van der Waals surface area contributed by atoms with Crippen molar-refractivity contribution in [1.82, 2.24) is 9.80 Å². The van der Waals surface area contributed by atoms with Crippen LogP contribution < -0.4 is 0 Å². The van der Waals surface area contributed by atoms with Gasteiger partial charge in [-0.2, -0.15) is 0 Å². The Morgan fingerprint density at radius 2 is 1.33 bits per heavy atom. The molecule has 0 N–H and O–H groups in total. The summed E-state index contributed by atoms with van der Waals surface area (Å²) in [6, 6.07) is 29.0. The van der Waals surface area contributed by atoms with E-state index in [1.807, 2.05) is 12.1 Å². The normalized spacial score (nSPS) is 22.6. The predicted molar refractivity (Wildman–Crippen MR) is 134 cm³/mol. The molecule has 2 unspecified atom stereocenters. The van der Waals surface area contributed by atoms with E-state index in [4.69, 9.17) is 0 Å². The maximum absolute atomic E-state index is 13.6. The lowest BCUT2D eigenvalue weighted by Crippen LogP contribution is -2.39. The van der Waals surface area contributed by atoms with Gasteiger partial charge in [0.25, 0.3) is 0 Å².